The molecular formula is C23H29N3O3. The SMILES string of the molecule is CCOc1ccc(CC(=O)Nc2cccc(CN3CCC(C(N)=O)CC3)c2)cc1. The highest BCUT2D eigenvalue weighted by atomic mass is 16.5. The molecule has 1 aliphatic heterocycles. The van der Waals surface area contributed by atoms with Gasteiger partial charge in [-0.3, -0.25) is 14.5 Å². The van der Waals surface area contributed by atoms with E-state index >= 15 is 0 Å². The number of amides is 2. The van der Waals surface area contributed by atoms with Crippen molar-refractivity contribution >= 4 is 17.5 Å². The van der Waals surface area contributed by atoms with E-state index in [1.165, 1.54) is 0 Å². The first-order chi connectivity index (χ1) is 14.0. The number of primary amides is 1. The highest BCUT2D eigenvalue weighted by Crippen LogP contribution is 2.20. The van der Waals surface area contributed by atoms with Crippen molar-refractivity contribution in [2.24, 2.45) is 11.7 Å². The molecule has 1 heterocycles. The summed E-state index contributed by atoms with van der Waals surface area (Å²) < 4.78 is 5.43. The van der Waals surface area contributed by atoms with E-state index < -0.39 is 0 Å². The number of benzene rings is 2. The van der Waals surface area contributed by atoms with Gasteiger partial charge in [-0.1, -0.05) is 24.3 Å². The first-order valence-corrected chi connectivity index (χ1v) is 10.2. The number of nitrogens with zero attached hydrogens (tertiary/aromatic N) is 1. The maximum Gasteiger partial charge on any atom is 0.228 e. The molecule has 0 aliphatic carbocycles. The largest absolute Gasteiger partial charge is 0.494 e. The van der Waals surface area contributed by atoms with Gasteiger partial charge in [-0.25, -0.2) is 0 Å². The highest BCUT2D eigenvalue weighted by Gasteiger charge is 2.22. The number of hydrogen-bond acceptors (Lipinski definition) is 4. The summed E-state index contributed by atoms with van der Waals surface area (Å²) in [6.45, 7) is 5.09. The number of ether oxygens (including phenoxy) is 1. The minimum absolute atomic E-state index is 0.000488. The number of piperidine rings is 1. The lowest BCUT2D eigenvalue weighted by Crippen LogP contribution is -2.38. The molecule has 2 amide bonds. The number of nitrogens with two attached hydrogens (primary N) is 1. The van der Waals surface area contributed by atoms with Gasteiger partial charge >= 0.3 is 0 Å². The smallest absolute Gasteiger partial charge is 0.228 e. The Hall–Kier alpha value is -2.86. The summed E-state index contributed by atoms with van der Waals surface area (Å²) in [5.74, 6) is 0.569. The summed E-state index contributed by atoms with van der Waals surface area (Å²) in [5.41, 5.74) is 8.28. The summed E-state index contributed by atoms with van der Waals surface area (Å²) in [7, 11) is 0. The van der Waals surface area contributed by atoms with Crippen molar-refractivity contribution in [2.75, 3.05) is 25.0 Å². The summed E-state index contributed by atoms with van der Waals surface area (Å²) in [4.78, 5) is 26.0. The molecule has 0 bridgehead atoms. The van der Waals surface area contributed by atoms with E-state index in [0.29, 0.717) is 13.0 Å². The number of hydrogen-bond donors (Lipinski definition) is 2. The highest BCUT2D eigenvalue weighted by molar-refractivity contribution is 5.92. The maximum atomic E-state index is 12.4. The fourth-order valence-electron chi connectivity index (χ4n) is 3.64. The molecule has 3 rings (SSSR count). The monoisotopic (exact) mass is 395 g/mol. The first-order valence-electron chi connectivity index (χ1n) is 10.2. The quantitative estimate of drug-likeness (QED) is 0.720. The zero-order chi connectivity index (χ0) is 20.6. The molecule has 29 heavy (non-hydrogen) atoms. The van der Waals surface area contributed by atoms with E-state index in [0.717, 1.165) is 55.0 Å². The fraction of sp³-hybridized carbons (Fsp3) is 0.391. The molecule has 6 heteroatoms. The number of carbonyl (C=O) groups is 2. The van der Waals surface area contributed by atoms with Crippen molar-refractivity contribution < 1.29 is 14.3 Å². The van der Waals surface area contributed by atoms with E-state index in [4.69, 9.17) is 10.5 Å². The van der Waals surface area contributed by atoms with Crippen molar-refractivity contribution in [2.45, 2.75) is 32.7 Å². The molecular weight excluding hydrogens is 366 g/mol. The van der Waals surface area contributed by atoms with Crippen LogP contribution in [0.4, 0.5) is 5.69 Å². The molecule has 6 nitrogen and oxygen atoms in total. The Morgan fingerprint density at radius 2 is 1.83 bits per heavy atom. The van der Waals surface area contributed by atoms with Crippen molar-refractivity contribution in [1.29, 1.82) is 0 Å². The van der Waals surface area contributed by atoms with Gasteiger partial charge in [0.25, 0.3) is 0 Å². The van der Waals surface area contributed by atoms with E-state index in [9.17, 15) is 9.59 Å². The Morgan fingerprint density at radius 3 is 2.48 bits per heavy atom. The van der Waals surface area contributed by atoms with E-state index in [1.807, 2.05) is 49.4 Å². The summed E-state index contributed by atoms with van der Waals surface area (Å²) in [6.07, 6.45) is 1.94. The third-order valence-corrected chi connectivity index (χ3v) is 5.21. The van der Waals surface area contributed by atoms with Crippen LogP contribution in [0.2, 0.25) is 0 Å². The van der Waals surface area contributed by atoms with Crippen LogP contribution in [0.15, 0.2) is 48.5 Å². The predicted molar refractivity (Wildman–Crippen MR) is 114 cm³/mol. The number of rotatable bonds is 8. The van der Waals surface area contributed by atoms with Gasteiger partial charge in [-0.05, 0) is 68.2 Å². The topological polar surface area (TPSA) is 84.7 Å². The van der Waals surface area contributed by atoms with Gasteiger partial charge in [0, 0.05) is 18.2 Å². The average Bonchev–Trinajstić information content (AvgIpc) is 2.70. The second-order valence-corrected chi connectivity index (χ2v) is 7.46. The van der Waals surface area contributed by atoms with Gasteiger partial charge in [0.1, 0.15) is 5.75 Å². The number of anilines is 1. The van der Waals surface area contributed by atoms with Crippen LogP contribution in [-0.2, 0) is 22.6 Å². The van der Waals surface area contributed by atoms with E-state index in [2.05, 4.69) is 16.3 Å². The van der Waals surface area contributed by atoms with Crippen LogP contribution >= 0.6 is 0 Å². The Balaban J connectivity index is 1.51. The maximum absolute atomic E-state index is 12.4. The van der Waals surface area contributed by atoms with Crippen molar-refractivity contribution in [1.82, 2.24) is 4.90 Å². The molecule has 1 saturated heterocycles. The molecule has 3 N–H and O–H groups in total. The molecule has 2 aromatic carbocycles. The molecule has 1 fully saturated rings. The van der Waals surface area contributed by atoms with Crippen LogP contribution in [0.3, 0.4) is 0 Å². The van der Waals surface area contributed by atoms with Crippen LogP contribution in [0.1, 0.15) is 30.9 Å². The fourth-order valence-corrected chi connectivity index (χ4v) is 3.64. The Morgan fingerprint density at radius 1 is 1.10 bits per heavy atom. The number of carbonyl (C=O) groups excluding carboxylic acids is 2. The summed E-state index contributed by atoms with van der Waals surface area (Å²) in [6, 6.07) is 15.5. The van der Waals surface area contributed by atoms with Crippen LogP contribution in [-0.4, -0.2) is 36.4 Å². The van der Waals surface area contributed by atoms with Crippen LogP contribution < -0.4 is 15.8 Å². The van der Waals surface area contributed by atoms with E-state index in [-0.39, 0.29) is 17.7 Å². The van der Waals surface area contributed by atoms with E-state index in [1.54, 1.807) is 0 Å². The molecule has 2 aromatic rings. The standard InChI is InChI=1S/C23H29N3O3/c1-2-29-21-8-6-17(7-9-21)15-22(27)25-20-5-3-4-18(14-20)16-26-12-10-19(11-13-26)23(24)28/h3-9,14,19H,2,10-13,15-16H2,1H3,(H2,24,28)(H,25,27). The molecule has 0 spiro atoms. The van der Waals surface area contributed by atoms with Crippen molar-refractivity contribution in [3.63, 3.8) is 0 Å². The Bertz CT molecular complexity index is 828. The van der Waals surface area contributed by atoms with Crippen LogP contribution in [0.25, 0.3) is 0 Å². The van der Waals surface area contributed by atoms with Gasteiger partial charge in [-0.2, -0.15) is 0 Å². The van der Waals surface area contributed by atoms with Gasteiger partial charge in [0.2, 0.25) is 11.8 Å². The predicted octanol–water partition coefficient (Wildman–Crippen LogP) is 2.96. The van der Waals surface area contributed by atoms with Gasteiger partial charge in [-0.15, -0.1) is 0 Å². The lowest BCUT2D eigenvalue weighted by molar-refractivity contribution is -0.123. The second kappa shape index (κ2) is 10.1. The van der Waals surface area contributed by atoms with Gasteiger partial charge < -0.3 is 15.8 Å². The first kappa shape index (κ1) is 20.9. The number of likely N-dealkylation sites (tertiary alicyclic amines) is 1. The number of nitrogens with one attached hydrogen (secondary N) is 1. The minimum atomic E-state index is -0.193. The zero-order valence-corrected chi connectivity index (χ0v) is 16.9. The molecule has 1 aliphatic rings. The molecule has 0 aromatic heterocycles. The Kier molecular flexibility index (Phi) is 7.25. The molecule has 0 radical (unpaired) electrons. The third-order valence-electron chi connectivity index (χ3n) is 5.21. The van der Waals surface area contributed by atoms with Crippen molar-refractivity contribution in [3.05, 3.63) is 59.7 Å². The Labute approximate surface area is 172 Å². The normalized spacial score (nSPS) is 15.1. The zero-order valence-electron chi connectivity index (χ0n) is 16.9. The lowest BCUT2D eigenvalue weighted by Gasteiger charge is -2.30. The molecule has 0 unspecified atom stereocenters. The average molecular weight is 396 g/mol. The van der Waals surface area contributed by atoms with Crippen LogP contribution in [0, 0.1) is 5.92 Å². The van der Waals surface area contributed by atoms with Crippen molar-refractivity contribution in [3.8, 4) is 5.75 Å². The van der Waals surface area contributed by atoms with Gasteiger partial charge in [0.15, 0.2) is 0 Å². The molecule has 0 atom stereocenters. The van der Waals surface area contributed by atoms with Gasteiger partial charge in [0.05, 0.1) is 13.0 Å². The lowest BCUT2D eigenvalue weighted by atomic mass is 9.96. The molecule has 0 saturated carbocycles. The summed E-state index contributed by atoms with van der Waals surface area (Å²) >= 11 is 0. The van der Waals surface area contributed by atoms with Crippen LogP contribution in [0.5, 0.6) is 5.75 Å². The second-order valence-electron chi connectivity index (χ2n) is 7.46. The third kappa shape index (κ3) is 6.32. The minimum Gasteiger partial charge on any atom is -0.494 e. The summed E-state index contributed by atoms with van der Waals surface area (Å²) in [5, 5.41) is 2.98. The molecule has 154 valence electrons.